The zero-order valence-corrected chi connectivity index (χ0v) is 10.8. The molecular weight excluding hydrogens is 236 g/mol. The number of piperidine rings is 1. The van der Waals surface area contributed by atoms with Crippen LogP contribution in [0.5, 0.6) is 0 Å². The molecule has 17 heavy (non-hydrogen) atoms. The second-order valence-corrected chi connectivity index (χ2v) is 4.80. The molecule has 1 N–H and O–H groups in total. The summed E-state index contributed by atoms with van der Waals surface area (Å²) in [5, 5.41) is 3.44. The maximum absolute atomic E-state index is 10.9. The van der Waals surface area contributed by atoms with Gasteiger partial charge in [-0.15, -0.1) is 0 Å². The highest BCUT2D eigenvalue weighted by Crippen LogP contribution is 2.30. The fraction of sp³-hybridized carbons (Fsp3) is 0.462. The summed E-state index contributed by atoms with van der Waals surface area (Å²) in [6.45, 7) is 3.63. The Balaban J connectivity index is 2.15. The molecule has 0 aromatic heterocycles. The van der Waals surface area contributed by atoms with E-state index in [4.69, 9.17) is 11.6 Å². The summed E-state index contributed by atoms with van der Waals surface area (Å²) in [5.74, 6) is -0.0770. The average molecular weight is 253 g/mol. The maximum Gasteiger partial charge on any atom is 0.221 e. The molecule has 1 aliphatic heterocycles. The van der Waals surface area contributed by atoms with Gasteiger partial charge < -0.3 is 10.2 Å². The van der Waals surface area contributed by atoms with E-state index in [0.717, 1.165) is 24.5 Å². The zero-order valence-electron chi connectivity index (χ0n) is 10.0. The van der Waals surface area contributed by atoms with E-state index in [9.17, 15) is 4.79 Å². The van der Waals surface area contributed by atoms with Crippen molar-refractivity contribution in [2.45, 2.75) is 26.2 Å². The van der Waals surface area contributed by atoms with Crippen LogP contribution in [0, 0.1) is 0 Å². The maximum atomic E-state index is 10.9. The van der Waals surface area contributed by atoms with E-state index < -0.39 is 0 Å². The molecule has 1 heterocycles. The van der Waals surface area contributed by atoms with Gasteiger partial charge in [0.05, 0.1) is 10.7 Å². The third-order valence-corrected chi connectivity index (χ3v) is 3.27. The topological polar surface area (TPSA) is 32.3 Å². The number of hydrogen-bond acceptors (Lipinski definition) is 2. The van der Waals surface area contributed by atoms with Crippen LogP contribution in [0.3, 0.4) is 0 Å². The van der Waals surface area contributed by atoms with E-state index in [0.29, 0.717) is 5.02 Å². The summed E-state index contributed by atoms with van der Waals surface area (Å²) in [7, 11) is 0. The Morgan fingerprint density at radius 2 is 2.00 bits per heavy atom. The molecule has 1 fully saturated rings. The summed E-state index contributed by atoms with van der Waals surface area (Å²) in [6.07, 6.45) is 3.76. The molecule has 1 aliphatic rings. The van der Waals surface area contributed by atoms with E-state index >= 15 is 0 Å². The standard InChI is InChI=1S/C13H17ClN2O/c1-10(17)15-11-5-6-13(12(14)9-11)16-7-3-2-4-8-16/h5-6,9H,2-4,7-8H2,1H3,(H,15,17). The molecule has 92 valence electrons. The van der Waals surface area contributed by atoms with Crippen molar-refractivity contribution >= 4 is 28.9 Å². The molecule has 0 aliphatic carbocycles. The van der Waals surface area contributed by atoms with Crippen LogP contribution in [0.4, 0.5) is 11.4 Å². The van der Waals surface area contributed by atoms with Crippen LogP contribution in [0.1, 0.15) is 26.2 Å². The minimum atomic E-state index is -0.0770. The van der Waals surface area contributed by atoms with Gasteiger partial charge in [-0.25, -0.2) is 0 Å². The predicted octanol–water partition coefficient (Wildman–Crippen LogP) is 3.29. The molecular formula is C13H17ClN2O. The number of carbonyl (C=O) groups excluding carboxylic acids is 1. The van der Waals surface area contributed by atoms with Crippen LogP contribution in [0.25, 0.3) is 0 Å². The first-order valence-electron chi connectivity index (χ1n) is 5.99. The zero-order chi connectivity index (χ0) is 12.3. The summed E-state index contributed by atoms with van der Waals surface area (Å²) in [6, 6.07) is 5.70. The highest BCUT2D eigenvalue weighted by atomic mass is 35.5. The van der Waals surface area contributed by atoms with Gasteiger partial charge in [0.2, 0.25) is 5.91 Å². The molecule has 0 saturated carbocycles. The number of amides is 1. The van der Waals surface area contributed by atoms with E-state index in [1.807, 2.05) is 18.2 Å². The molecule has 3 nitrogen and oxygen atoms in total. The normalized spacial score (nSPS) is 15.8. The Kier molecular flexibility index (Phi) is 3.89. The first-order valence-corrected chi connectivity index (χ1v) is 6.37. The number of rotatable bonds is 2. The van der Waals surface area contributed by atoms with E-state index in [1.54, 1.807) is 0 Å². The number of halogens is 1. The highest BCUT2D eigenvalue weighted by Gasteiger charge is 2.14. The molecule has 0 radical (unpaired) electrons. The number of benzene rings is 1. The van der Waals surface area contributed by atoms with E-state index in [2.05, 4.69) is 10.2 Å². The van der Waals surface area contributed by atoms with Crippen LogP contribution in [0.15, 0.2) is 18.2 Å². The summed E-state index contributed by atoms with van der Waals surface area (Å²) in [5.41, 5.74) is 1.82. The SMILES string of the molecule is CC(=O)Nc1ccc(N2CCCCC2)c(Cl)c1. The predicted molar refractivity (Wildman–Crippen MR) is 71.8 cm³/mol. The second kappa shape index (κ2) is 5.41. The van der Waals surface area contributed by atoms with Crippen molar-refractivity contribution in [2.24, 2.45) is 0 Å². The minimum absolute atomic E-state index is 0.0770. The largest absolute Gasteiger partial charge is 0.370 e. The molecule has 1 aromatic rings. The molecule has 4 heteroatoms. The van der Waals surface area contributed by atoms with Gasteiger partial charge in [-0.3, -0.25) is 4.79 Å². The van der Waals surface area contributed by atoms with Gasteiger partial charge in [0.1, 0.15) is 0 Å². The Bertz CT molecular complexity index is 414. The van der Waals surface area contributed by atoms with Gasteiger partial charge >= 0.3 is 0 Å². The lowest BCUT2D eigenvalue weighted by Crippen LogP contribution is -2.29. The average Bonchev–Trinajstić information content (AvgIpc) is 2.29. The summed E-state index contributed by atoms with van der Waals surface area (Å²) in [4.78, 5) is 13.3. The first-order chi connectivity index (χ1) is 8.16. The second-order valence-electron chi connectivity index (χ2n) is 4.40. The summed E-state index contributed by atoms with van der Waals surface area (Å²) >= 11 is 6.25. The lowest BCUT2D eigenvalue weighted by Gasteiger charge is -2.29. The lowest BCUT2D eigenvalue weighted by molar-refractivity contribution is -0.114. The van der Waals surface area contributed by atoms with Crippen LogP contribution >= 0.6 is 11.6 Å². The quantitative estimate of drug-likeness (QED) is 0.876. The van der Waals surface area contributed by atoms with E-state index in [-0.39, 0.29) is 5.91 Å². The van der Waals surface area contributed by atoms with Gasteiger partial charge in [0, 0.05) is 25.7 Å². The molecule has 0 atom stereocenters. The Morgan fingerprint density at radius 1 is 1.29 bits per heavy atom. The molecule has 0 bridgehead atoms. The van der Waals surface area contributed by atoms with Crippen molar-refractivity contribution in [1.29, 1.82) is 0 Å². The smallest absolute Gasteiger partial charge is 0.221 e. The summed E-state index contributed by atoms with van der Waals surface area (Å²) < 4.78 is 0. The Hall–Kier alpha value is -1.22. The van der Waals surface area contributed by atoms with Crippen LogP contribution in [-0.4, -0.2) is 19.0 Å². The molecule has 0 spiro atoms. The van der Waals surface area contributed by atoms with Crippen molar-refractivity contribution in [1.82, 2.24) is 0 Å². The number of hydrogen-bond donors (Lipinski definition) is 1. The molecule has 0 unspecified atom stereocenters. The van der Waals surface area contributed by atoms with Crippen molar-refractivity contribution < 1.29 is 4.79 Å². The number of anilines is 2. The van der Waals surface area contributed by atoms with Crippen molar-refractivity contribution in [3.05, 3.63) is 23.2 Å². The first kappa shape index (κ1) is 12.2. The fourth-order valence-electron chi connectivity index (χ4n) is 2.18. The molecule has 1 aromatic carbocycles. The van der Waals surface area contributed by atoms with Crippen molar-refractivity contribution in [3.63, 3.8) is 0 Å². The van der Waals surface area contributed by atoms with Crippen molar-refractivity contribution in [2.75, 3.05) is 23.3 Å². The third kappa shape index (κ3) is 3.13. The van der Waals surface area contributed by atoms with Gasteiger partial charge in [0.25, 0.3) is 0 Å². The fourth-order valence-corrected chi connectivity index (χ4v) is 2.48. The highest BCUT2D eigenvalue weighted by molar-refractivity contribution is 6.33. The van der Waals surface area contributed by atoms with Crippen LogP contribution < -0.4 is 10.2 Å². The number of carbonyl (C=O) groups is 1. The van der Waals surface area contributed by atoms with Gasteiger partial charge in [0.15, 0.2) is 0 Å². The van der Waals surface area contributed by atoms with Crippen LogP contribution in [-0.2, 0) is 4.79 Å². The monoisotopic (exact) mass is 252 g/mol. The van der Waals surface area contributed by atoms with Crippen LogP contribution in [0.2, 0.25) is 5.02 Å². The Labute approximate surface area is 107 Å². The lowest BCUT2D eigenvalue weighted by atomic mass is 10.1. The van der Waals surface area contributed by atoms with Gasteiger partial charge in [-0.1, -0.05) is 11.6 Å². The van der Waals surface area contributed by atoms with Crippen molar-refractivity contribution in [3.8, 4) is 0 Å². The number of nitrogens with one attached hydrogen (secondary N) is 1. The third-order valence-electron chi connectivity index (χ3n) is 2.96. The molecule has 2 rings (SSSR count). The molecule has 1 amide bonds. The minimum Gasteiger partial charge on any atom is -0.370 e. The van der Waals surface area contributed by atoms with Gasteiger partial charge in [-0.05, 0) is 37.5 Å². The number of nitrogens with zero attached hydrogens (tertiary/aromatic N) is 1. The molecule has 1 saturated heterocycles. The Morgan fingerprint density at radius 3 is 2.59 bits per heavy atom. The van der Waals surface area contributed by atoms with Gasteiger partial charge in [-0.2, -0.15) is 0 Å². The van der Waals surface area contributed by atoms with E-state index in [1.165, 1.54) is 26.2 Å².